The second-order valence-electron chi connectivity index (χ2n) is 7.37. The van der Waals surface area contributed by atoms with E-state index in [9.17, 15) is 9.59 Å². The van der Waals surface area contributed by atoms with Gasteiger partial charge in [-0.3, -0.25) is 10.1 Å². The third-order valence-corrected chi connectivity index (χ3v) is 5.35. The van der Waals surface area contributed by atoms with Crippen LogP contribution in [-0.4, -0.2) is 54.6 Å². The lowest BCUT2D eigenvalue weighted by atomic mass is 10.1. The van der Waals surface area contributed by atoms with Gasteiger partial charge in [0.15, 0.2) is 17.0 Å². The van der Waals surface area contributed by atoms with E-state index < -0.39 is 12.2 Å². The van der Waals surface area contributed by atoms with Crippen molar-refractivity contribution in [2.75, 3.05) is 23.8 Å². The van der Waals surface area contributed by atoms with Crippen LogP contribution in [0.2, 0.25) is 0 Å². The maximum absolute atomic E-state index is 12.3. The number of hydrogen-bond acceptors (Lipinski definition) is 6. The molecule has 2 heterocycles. The highest BCUT2D eigenvalue weighted by Crippen LogP contribution is 2.29. The lowest BCUT2D eigenvalue weighted by molar-refractivity contribution is 0.00880. The first-order valence-electron chi connectivity index (χ1n) is 9.94. The molecule has 2 saturated heterocycles. The number of hydrogen-bond donors (Lipinski definition) is 3. The summed E-state index contributed by atoms with van der Waals surface area (Å²) in [5.74, 6) is -0.0818. The Morgan fingerprint density at radius 1 is 0.968 bits per heavy atom. The van der Waals surface area contributed by atoms with Crippen LogP contribution in [0.3, 0.4) is 0 Å². The van der Waals surface area contributed by atoms with E-state index in [2.05, 4.69) is 16.0 Å². The van der Waals surface area contributed by atoms with E-state index in [1.54, 1.807) is 24.3 Å². The minimum Gasteiger partial charge on any atom is -0.441 e. The van der Waals surface area contributed by atoms with Gasteiger partial charge in [-0.2, -0.15) is 0 Å². The molecule has 31 heavy (non-hydrogen) atoms. The normalized spacial score (nSPS) is 24.2. The summed E-state index contributed by atoms with van der Waals surface area (Å²) in [7, 11) is 0. The van der Waals surface area contributed by atoms with Crippen molar-refractivity contribution in [3.63, 3.8) is 0 Å². The van der Waals surface area contributed by atoms with Crippen molar-refractivity contribution < 1.29 is 23.8 Å². The van der Waals surface area contributed by atoms with Crippen LogP contribution in [0.1, 0.15) is 17.3 Å². The highest BCUT2D eigenvalue weighted by atomic mass is 32.1. The van der Waals surface area contributed by atoms with Crippen molar-refractivity contribution in [3.8, 4) is 0 Å². The van der Waals surface area contributed by atoms with Crippen LogP contribution in [0.5, 0.6) is 0 Å². The van der Waals surface area contributed by atoms with Crippen molar-refractivity contribution in [1.82, 2.24) is 5.32 Å². The van der Waals surface area contributed by atoms with E-state index in [0.717, 1.165) is 5.69 Å². The molecule has 0 spiro atoms. The summed E-state index contributed by atoms with van der Waals surface area (Å²) >= 11 is 5.38. The lowest BCUT2D eigenvalue weighted by Crippen LogP contribution is -2.46. The number of amides is 1. The number of Topliss-reactive ketones (excluding diaryl/α,β-unsaturated/α-hetero) is 1. The Morgan fingerprint density at radius 2 is 1.71 bits per heavy atom. The fourth-order valence-corrected chi connectivity index (χ4v) is 3.92. The van der Waals surface area contributed by atoms with E-state index >= 15 is 0 Å². The van der Waals surface area contributed by atoms with Gasteiger partial charge >= 0.3 is 6.09 Å². The summed E-state index contributed by atoms with van der Waals surface area (Å²) < 4.78 is 17.2. The Bertz CT molecular complexity index is 971. The van der Waals surface area contributed by atoms with Crippen LogP contribution >= 0.6 is 12.2 Å². The van der Waals surface area contributed by atoms with E-state index in [-0.39, 0.29) is 30.6 Å². The number of rotatable bonds is 5. The predicted molar refractivity (Wildman–Crippen MR) is 119 cm³/mol. The molecule has 0 radical (unpaired) electrons. The molecular weight excluding hydrogens is 418 g/mol. The van der Waals surface area contributed by atoms with Gasteiger partial charge in [0.1, 0.15) is 12.2 Å². The summed E-state index contributed by atoms with van der Waals surface area (Å²) in [5, 5.41) is 9.45. The molecule has 4 unspecified atom stereocenters. The third kappa shape index (κ3) is 5.19. The molecule has 1 amide bonds. The number of ketones is 1. The van der Waals surface area contributed by atoms with Gasteiger partial charge < -0.3 is 24.8 Å². The first kappa shape index (κ1) is 21.2. The number of benzene rings is 2. The van der Waals surface area contributed by atoms with Gasteiger partial charge in [-0.1, -0.05) is 30.3 Å². The Kier molecular flexibility index (Phi) is 6.45. The largest absolute Gasteiger partial charge is 0.441 e. The minimum atomic E-state index is -0.628. The van der Waals surface area contributed by atoms with Crippen LogP contribution in [0.15, 0.2) is 54.6 Å². The predicted octanol–water partition coefficient (Wildman–Crippen LogP) is 2.96. The molecular formula is C22H23N3O5S. The molecule has 9 heteroatoms. The molecule has 0 aliphatic carbocycles. The molecule has 0 saturated carbocycles. The molecule has 2 aromatic carbocycles. The van der Waals surface area contributed by atoms with Crippen LogP contribution < -0.4 is 16.0 Å². The number of anilines is 2. The number of fused-ring (bicyclic) bond motifs is 1. The van der Waals surface area contributed by atoms with Gasteiger partial charge in [0.25, 0.3) is 0 Å². The first-order chi connectivity index (χ1) is 15.0. The SMILES string of the molecule is CC(=O)c1cccc(NC(=O)OC2COC3C(NC(=S)Nc4ccccc4)COC23)c1. The Labute approximate surface area is 185 Å². The molecule has 2 aromatic rings. The third-order valence-electron chi connectivity index (χ3n) is 5.13. The van der Waals surface area contributed by atoms with Gasteiger partial charge in [-0.15, -0.1) is 0 Å². The Hall–Kier alpha value is -3.01. The molecule has 162 valence electrons. The van der Waals surface area contributed by atoms with Gasteiger partial charge in [0, 0.05) is 16.9 Å². The van der Waals surface area contributed by atoms with Gasteiger partial charge in [-0.05, 0) is 43.4 Å². The smallest absolute Gasteiger partial charge is 0.412 e. The number of thiocarbonyl (C=S) groups is 1. The van der Waals surface area contributed by atoms with Crippen LogP contribution in [-0.2, 0) is 14.2 Å². The van der Waals surface area contributed by atoms with Gasteiger partial charge in [0.2, 0.25) is 0 Å². The molecule has 8 nitrogen and oxygen atoms in total. The van der Waals surface area contributed by atoms with E-state index in [4.69, 9.17) is 26.4 Å². The highest BCUT2D eigenvalue weighted by Gasteiger charge is 2.49. The summed E-state index contributed by atoms with van der Waals surface area (Å²) in [6.45, 7) is 2.08. The monoisotopic (exact) mass is 441 g/mol. The Morgan fingerprint density at radius 3 is 2.48 bits per heavy atom. The van der Waals surface area contributed by atoms with E-state index in [1.807, 2.05) is 30.3 Å². The molecule has 2 aliphatic heterocycles. The first-order valence-corrected chi connectivity index (χ1v) is 10.3. The summed E-state index contributed by atoms with van der Waals surface area (Å²) in [6, 6.07) is 16.1. The zero-order valence-electron chi connectivity index (χ0n) is 16.9. The van der Waals surface area contributed by atoms with Crippen molar-refractivity contribution in [3.05, 3.63) is 60.2 Å². The maximum Gasteiger partial charge on any atom is 0.412 e. The van der Waals surface area contributed by atoms with Gasteiger partial charge in [0.05, 0.1) is 19.3 Å². The zero-order chi connectivity index (χ0) is 21.8. The molecule has 4 rings (SSSR count). The minimum absolute atomic E-state index is 0.0818. The Balaban J connectivity index is 1.29. The molecule has 0 bridgehead atoms. The van der Waals surface area contributed by atoms with Crippen LogP contribution in [0.25, 0.3) is 0 Å². The average molecular weight is 442 g/mol. The van der Waals surface area contributed by atoms with Crippen molar-refractivity contribution >= 4 is 40.6 Å². The van der Waals surface area contributed by atoms with Crippen LogP contribution in [0, 0.1) is 0 Å². The molecule has 3 N–H and O–H groups in total. The maximum atomic E-state index is 12.3. The number of ether oxygens (including phenoxy) is 3. The molecule has 4 atom stereocenters. The lowest BCUT2D eigenvalue weighted by Gasteiger charge is -2.20. The summed E-state index contributed by atoms with van der Waals surface area (Å²) in [6.07, 6.45) is -1.83. The van der Waals surface area contributed by atoms with Crippen molar-refractivity contribution in [1.29, 1.82) is 0 Å². The fourth-order valence-electron chi connectivity index (χ4n) is 3.65. The van der Waals surface area contributed by atoms with Gasteiger partial charge in [-0.25, -0.2) is 4.79 Å². The average Bonchev–Trinajstić information content (AvgIpc) is 3.32. The summed E-state index contributed by atoms with van der Waals surface area (Å²) in [5.41, 5.74) is 1.88. The number of carbonyl (C=O) groups excluding carboxylic acids is 2. The fraction of sp³-hybridized carbons (Fsp3) is 0.318. The van der Waals surface area contributed by atoms with Crippen molar-refractivity contribution in [2.24, 2.45) is 0 Å². The second kappa shape index (κ2) is 9.42. The molecule has 2 aliphatic rings. The summed E-state index contributed by atoms with van der Waals surface area (Å²) in [4.78, 5) is 23.8. The van der Waals surface area contributed by atoms with E-state index in [0.29, 0.717) is 23.0 Å². The zero-order valence-corrected chi connectivity index (χ0v) is 17.7. The van der Waals surface area contributed by atoms with Crippen molar-refractivity contribution in [2.45, 2.75) is 31.3 Å². The quantitative estimate of drug-likeness (QED) is 0.481. The number of para-hydroxylation sites is 1. The standard InChI is InChI=1S/C22H23N3O5S/c1-13(26)14-6-5-9-16(10-14)24-22(27)30-18-12-29-19-17(11-28-20(18)19)25-21(31)23-15-7-3-2-4-8-15/h2-10,17-20H,11-12H2,1H3,(H,24,27)(H2,23,25,31). The highest BCUT2D eigenvalue weighted by molar-refractivity contribution is 7.80. The number of nitrogens with one attached hydrogen (secondary N) is 3. The van der Waals surface area contributed by atoms with E-state index in [1.165, 1.54) is 6.92 Å². The molecule has 2 fully saturated rings. The molecule has 0 aromatic heterocycles. The van der Waals surface area contributed by atoms with Crippen LogP contribution in [0.4, 0.5) is 16.2 Å². The topological polar surface area (TPSA) is 97.9 Å². The second-order valence-corrected chi connectivity index (χ2v) is 7.78. The number of carbonyl (C=O) groups is 2.